The molecule has 0 amide bonds. The number of hydrogen-bond acceptors (Lipinski definition) is 5. The first kappa shape index (κ1) is 17.5. The molecule has 0 unspecified atom stereocenters. The van der Waals surface area contributed by atoms with Crippen molar-refractivity contribution < 1.29 is 19.0 Å². The van der Waals surface area contributed by atoms with E-state index in [0.29, 0.717) is 13.2 Å². The smallest absolute Gasteiger partial charge is 0.323 e. The Kier molecular flexibility index (Phi) is 5.13. The molecular formula is C20H25NO4. The lowest BCUT2D eigenvalue weighted by Crippen LogP contribution is -2.59. The molecule has 0 radical (unpaired) electrons. The van der Waals surface area contributed by atoms with Crippen molar-refractivity contribution in [1.82, 2.24) is 5.32 Å². The van der Waals surface area contributed by atoms with Crippen LogP contribution in [0.1, 0.15) is 18.9 Å². The van der Waals surface area contributed by atoms with Crippen LogP contribution < -0.4 is 5.32 Å². The van der Waals surface area contributed by atoms with Gasteiger partial charge in [-0.05, 0) is 31.5 Å². The topological polar surface area (TPSA) is 56.8 Å². The molecule has 3 rings (SSSR count). The molecule has 1 aliphatic heterocycles. The normalized spacial score (nSPS) is 28.3. The molecule has 1 aliphatic carbocycles. The summed E-state index contributed by atoms with van der Waals surface area (Å²) in [5.74, 6) is 1.05. The highest BCUT2D eigenvalue weighted by Gasteiger charge is 2.52. The van der Waals surface area contributed by atoms with E-state index in [-0.39, 0.29) is 17.3 Å². The second-order valence-electron chi connectivity index (χ2n) is 6.32. The number of nitrogens with one attached hydrogen (secondary N) is 1. The monoisotopic (exact) mass is 343 g/mol. The number of allylic oxidation sites excluding steroid dienone is 2. The molecule has 1 N–H and O–H groups in total. The number of ether oxygens (including phenoxy) is 3. The number of methoxy groups -OCH3 is 2. The van der Waals surface area contributed by atoms with Crippen LogP contribution in [0.2, 0.25) is 0 Å². The minimum atomic E-state index is -0.463. The van der Waals surface area contributed by atoms with Crippen molar-refractivity contribution in [2.45, 2.75) is 24.8 Å². The van der Waals surface area contributed by atoms with E-state index in [2.05, 4.69) is 23.5 Å². The number of carbonyl (C=O) groups excluding carboxylic acids is 1. The zero-order valence-electron chi connectivity index (χ0n) is 15.0. The van der Waals surface area contributed by atoms with Crippen LogP contribution in [-0.4, -0.2) is 39.4 Å². The SMILES string of the molecule is CCOC(=O)[C@H]1NCC[C@]2(c3ccccc3)C=C(OC)C=C(OC)[C@H]12. The van der Waals surface area contributed by atoms with Crippen molar-refractivity contribution in [3.63, 3.8) is 0 Å². The number of esters is 1. The van der Waals surface area contributed by atoms with Gasteiger partial charge in [0.15, 0.2) is 0 Å². The molecule has 0 aromatic heterocycles. The Labute approximate surface area is 148 Å². The maximum absolute atomic E-state index is 12.6. The summed E-state index contributed by atoms with van der Waals surface area (Å²) in [6.45, 7) is 2.88. The van der Waals surface area contributed by atoms with Crippen LogP contribution in [0, 0.1) is 5.92 Å². The Morgan fingerprint density at radius 3 is 2.64 bits per heavy atom. The lowest BCUT2D eigenvalue weighted by molar-refractivity contribution is -0.148. The Morgan fingerprint density at radius 2 is 2.00 bits per heavy atom. The van der Waals surface area contributed by atoms with Crippen LogP contribution in [0.25, 0.3) is 0 Å². The van der Waals surface area contributed by atoms with Crippen LogP contribution in [0.4, 0.5) is 0 Å². The van der Waals surface area contributed by atoms with E-state index < -0.39 is 6.04 Å². The van der Waals surface area contributed by atoms with E-state index >= 15 is 0 Å². The first-order chi connectivity index (χ1) is 12.2. The third-order valence-corrected chi connectivity index (χ3v) is 5.11. The quantitative estimate of drug-likeness (QED) is 0.833. The number of fused-ring (bicyclic) bond motifs is 1. The van der Waals surface area contributed by atoms with Crippen LogP contribution >= 0.6 is 0 Å². The second-order valence-corrected chi connectivity index (χ2v) is 6.32. The first-order valence-electron chi connectivity index (χ1n) is 8.64. The van der Waals surface area contributed by atoms with Gasteiger partial charge in [-0.15, -0.1) is 0 Å². The molecule has 5 nitrogen and oxygen atoms in total. The van der Waals surface area contributed by atoms with Gasteiger partial charge in [-0.25, -0.2) is 0 Å². The van der Waals surface area contributed by atoms with Gasteiger partial charge in [0.05, 0.1) is 26.7 Å². The minimum absolute atomic E-state index is 0.188. The lowest BCUT2D eigenvalue weighted by atomic mass is 9.60. The van der Waals surface area contributed by atoms with Crippen molar-refractivity contribution in [2.75, 3.05) is 27.4 Å². The summed E-state index contributed by atoms with van der Waals surface area (Å²) in [4.78, 5) is 12.6. The maximum atomic E-state index is 12.6. The average molecular weight is 343 g/mol. The highest BCUT2D eigenvalue weighted by atomic mass is 16.5. The molecule has 1 aromatic rings. The summed E-state index contributed by atoms with van der Waals surface area (Å²) < 4.78 is 16.5. The summed E-state index contributed by atoms with van der Waals surface area (Å²) in [7, 11) is 3.29. The number of piperidine rings is 1. The van der Waals surface area contributed by atoms with E-state index in [1.807, 2.05) is 31.2 Å². The van der Waals surface area contributed by atoms with Gasteiger partial charge in [0, 0.05) is 11.5 Å². The van der Waals surface area contributed by atoms with E-state index in [1.54, 1.807) is 14.2 Å². The summed E-state index contributed by atoms with van der Waals surface area (Å²) in [5, 5.41) is 3.33. The molecule has 0 saturated carbocycles. The zero-order valence-corrected chi connectivity index (χ0v) is 15.0. The van der Waals surface area contributed by atoms with Gasteiger partial charge in [-0.3, -0.25) is 4.79 Å². The van der Waals surface area contributed by atoms with Gasteiger partial charge in [0.1, 0.15) is 17.6 Å². The number of carbonyl (C=O) groups is 1. The molecule has 3 atom stereocenters. The molecule has 1 fully saturated rings. The molecule has 25 heavy (non-hydrogen) atoms. The second kappa shape index (κ2) is 7.31. The first-order valence-corrected chi connectivity index (χ1v) is 8.64. The van der Waals surface area contributed by atoms with Gasteiger partial charge >= 0.3 is 5.97 Å². The highest BCUT2D eigenvalue weighted by Crippen LogP contribution is 2.48. The fourth-order valence-corrected chi connectivity index (χ4v) is 4.02. The van der Waals surface area contributed by atoms with E-state index in [1.165, 1.54) is 0 Å². The molecule has 0 bridgehead atoms. The molecule has 1 aromatic carbocycles. The Morgan fingerprint density at radius 1 is 1.24 bits per heavy atom. The fourth-order valence-electron chi connectivity index (χ4n) is 4.02. The van der Waals surface area contributed by atoms with E-state index in [4.69, 9.17) is 14.2 Å². The molecule has 1 saturated heterocycles. The molecule has 5 heteroatoms. The third kappa shape index (κ3) is 3.04. The summed E-state index contributed by atoms with van der Waals surface area (Å²) >= 11 is 0. The van der Waals surface area contributed by atoms with E-state index in [0.717, 1.165) is 23.5 Å². The van der Waals surface area contributed by atoms with Crippen LogP contribution in [0.5, 0.6) is 0 Å². The van der Waals surface area contributed by atoms with Crippen LogP contribution in [0.3, 0.4) is 0 Å². The maximum Gasteiger partial charge on any atom is 0.323 e. The predicted octanol–water partition coefficient (Wildman–Crippen LogP) is 2.54. The largest absolute Gasteiger partial charge is 0.501 e. The summed E-state index contributed by atoms with van der Waals surface area (Å²) in [5.41, 5.74) is 0.767. The highest BCUT2D eigenvalue weighted by molar-refractivity contribution is 5.78. The van der Waals surface area contributed by atoms with Gasteiger partial charge in [-0.2, -0.15) is 0 Å². The van der Waals surface area contributed by atoms with Crippen molar-refractivity contribution >= 4 is 5.97 Å². The van der Waals surface area contributed by atoms with Gasteiger partial charge < -0.3 is 19.5 Å². The number of rotatable bonds is 5. The Bertz CT molecular complexity index is 682. The van der Waals surface area contributed by atoms with E-state index in [9.17, 15) is 4.79 Å². The number of hydrogen-bond donors (Lipinski definition) is 1. The fraction of sp³-hybridized carbons (Fsp3) is 0.450. The van der Waals surface area contributed by atoms with Crippen molar-refractivity contribution in [3.8, 4) is 0 Å². The summed E-state index contributed by atoms with van der Waals surface area (Å²) in [6, 6.07) is 9.78. The van der Waals surface area contributed by atoms with Crippen LogP contribution in [-0.2, 0) is 24.4 Å². The average Bonchev–Trinajstić information content (AvgIpc) is 2.67. The predicted molar refractivity (Wildman–Crippen MR) is 94.8 cm³/mol. The molecular weight excluding hydrogens is 318 g/mol. The third-order valence-electron chi connectivity index (χ3n) is 5.11. The van der Waals surface area contributed by atoms with Crippen molar-refractivity contribution in [1.29, 1.82) is 0 Å². The summed E-state index contributed by atoms with van der Waals surface area (Å²) in [6.07, 6.45) is 4.83. The van der Waals surface area contributed by atoms with Gasteiger partial charge in [0.25, 0.3) is 0 Å². The zero-order chi connectivity index (χ0) is 17.9. The molecule has 2 aliphatic rings. The Balaban J connectivity index is 2.14. The lowest BCUT2D eigenvalue weighted by Gasteiger charge is -2.48. The molecule has 1 heterocycles. The molecule has 0 spiro atoms. The standard InChI is InChI=1S/C20H25NO4/c1-4-25-19(22)18-17-16(24-3)12-15(23-2)13-20(17,10-11-21-18)14-8-6-5-7-9-14/h5-9,12-13,17-18,21H,4,10-11H2,1-3H3/t17-,18+,20-/m1/s1. The van der Waals surface area contributed by atoms with Gasteiger partial charge in [-0.1, -0.05) is 30.3 Å². The molecule has 134 valence electrons. The minimum Gasteiger partial charge on any atom is -0.501 e. The van der Waals surface area contributed by atoms with Crippen molar-refractivity contribution in [2.24, 2.45) is 5.92 Å². The van der Waals surface area contributed by atoms with Crippen LogP contribution in [0.15, 0.2) is 54.0 Å². The number of benzene rings is 1. The van der Waals surface area contributed by atoms with Gasteiger partial charge in [0.2, 0.25) is 0 Å². The van der Waals surface area contributed by atoms with Crippen molar-refractivity contribution in [3.05, 3.63) is 59.6 Å². The Hall–Kier alpha value is -2.27.